The van der Waals surface area contributed by atoms with Crippen molar-refractivity contribution in [3.63, 3.8) is 0 Å². The van der Waals surface area contributed by atoms with Crippen molar-refractivity contribution in [3.8, 4) is 0 Å². The van der Waals surface area contributed by atoms with E-state index < -0.39 is 74.2 Å². The third kappa shape index (κ3) is 33.6. The van der Waals surface area contributed by atoms with E-state index in [1.807, 2.05) is 0 Å². The van der Waals surface area contributed by atoms with E-state index in [0.29, 0.717) is 19.3 Å². The Morgan fingerprint density at radius 3 is 1.12 bits per heavy atom. The van der Waals surface area contributed by atoms with Gasteiger partial charge in [0.1, 0.15) is 36.6 Å². The van der Waals surface area contributed by atoms with Gasteiger partial charge in [0.15, 0.2) is 6.29 Å². The number of aliphatic hydroxyl groups excluding tert-OH is 7. The smallest absolute Gasteiger partial charge is 0.249 e. The molecule has 0 aromatic rings. The molecule has 11 nitrogen and oxygen atoms in total. The number of rotatable bonds is 49. The minimum absolute atomic E-state index is 0.267. The van der Waals surface area contributed by atoms with E-state index >= 15 is 0 Å². The van der Waals surface area contributed by atoms with Crippen LogP contribution in [0.3, 0.4) is 0 Å². The highest BCUT2D eigenvalue weighted by molar-refractivity contribution is 5.80. The zero-order valence-corrected chi connectivity index (χ0v) is 43.0. The number of nitrogens with one attached hydrogen (secondary N) is 1. The van der Waals surface area contributed by atoms with Crippen molar-refractivity contribution < 1.29 is 50.0 Å². The molecule has 9 unspecified atom stereocenters. The molecule has 394 valence electrons. The van der Waals surface area contributed by atoms with E-state index in [0.717, 1.165) is 38.5 Å². The Bertz CT molecular complexity index is 1040. The molecule has 0 aromatic heterocycles. The van der Waals surface area contributed by atoms with E-state index in [9.17, 15) is 40.5 Å². The number of ether oxygens (including phenoxy) is 2. The summed E-state index contributed by atoms with van der Waals surface area (Å²) in [4.78, 5) is 13.1. The molecule has 66 heavy (non-hydrogen) atoms. The van der Waals surface area contributed by atoms with Gasteiger partial charge in [0.05, 0.1) is 25.4 Å². The molecule has 1 amide bonds. The fourth-order valence-electron chi connectivity index (χ4n) is 9.50. The fourth-order valence-corrected chi connectivity index (χ4v) is 9.50. The first-order valence-electron chi connectivity index (χ1n) is 28.4. The molecule has 0 bridgehead atoms. The average Bonchev–Trinajstić information content (AvgIpc) is 3.32. The van der Waals surface area contributed by atoms with Gasteiger partial charge in [-0.05, 0) is 12.8 Å². The predicted molar refractivity (Wildman–Crippen MR) is 270 cm³/mol. The molecule has 9 atom stereocenters. The van der Waals surface area contributed by atoms with Crippen LogP contribution in [0, 0.1) is 0 Å². The van der Waals surface area contributed by atoms with Crippen molar-refractivity contribution >= 4 is 5.91 Å². The Labute approximate surface area is 405 Å². The van der Waals surface area contributed by atoms with Crippen molar-refractivity contribution in [2.45, 2.75) is 332 Å². The summed E-state index contributed by atoms with van der Waals surface area (Å²) < 4.78 is 11.1. The second-order valence-electron chi connectivity index (χ2n) is 20.4. The Kier molecular flexibility index (Phi) is 43.3. The van der Waals surface area contributed by atoms with Crippen molar-refractivity contribution in [1.82, 2.24) is 5.32 Å². The molecule has 0 radical (unpaired) electrons. The molecule has 8 N–H and O–H groups in total. The number of aliphatic hydroxyl groups is 7. The zero-order chi connectivity index (χ0) is 48.3. The van der Waals surface area contributed by atoms with Crippen LogP contribution in [0.1, 0.15) is 277 Å². The highest BCUT2D eigenvalue weighted by Crippen LogP contribution is 2.24. The number of hydrogen-bond donors (Lipinski definition) is 8. The number of carbonyl (C=O) groups is 1. The van der Waals surface area contributed by atoms with Gasteiger partial charge >= 0.3 is 0 Å². The lowest BCUT2D eigenvalue weighted by atomic mass is 9.98. The van der Waals surface area contributed by atoms with E-state index in [1.54, 1.807) is 0 Å². The SMILES string of the molecule is CCCCCCCCCCCCCCCCCCCCCCCCCCCCCCCC(O)C(=O)NC(COC1OC(CO)C(O)C(O)C1O)C(O)C(O)CCCCCCCCCCCC. The molecule has 11 heteroatoms. The Morgan fingerprint density at radius 1 is 0.470 bits per heavy atom. The summed E-state index contributed by atoms with van der Waals surface area (Å²) in [6.45, 7) is 3.45. The molecular weight excluding hydrogens is 835 g/mol. The average molecular weight is 944 g/mol. The molecule has 0 aliphatic carbocycles. The monoisotopic (exact) mass is 944 g/mol. The molecule has 0 spiro atoms. The van der Waals surface area contributed by atoms with Gasteiger partial charge in [-0.25, -0.2) is 0 Å². The van der Waals surface area contributed by atoms with Crippen LogP contribution in [0.2, 0.25) is 0 Å². The van der Waals surface area contributed by atoms with Gasteiger partial charge < -0.3 is 50.5 Å². The highest BCUT2D eigenvalue weighted by atomic mass is 16.7. The maximum absolute atomic E-state index is 13.1. The quantitative estimate of drug-likeness (QED) is 0.0273. The van der Waals surface area contributed by atoms with Gasteiger partial charge in [-0.1, -0.05) is 264 Å². The maximum atomic E-state index is 13.1. The van der Waals surface area contributed by atoms with Crippen LogP contribution in [-0.2, 0) is 14.3 Å². The van der Waals surface area contributed by atoms with Gasteiger partial charge in [-0.3, -0.25) is 4.79 Å². The fraction of sp³-hybridized carbons (Fsp3) is 0.982. The molecule has 0 aromatic carbocycles. The van der Waals surface area contributed by atoms with Crippen LogP contribution in [-0.4, -0.2) is 110 Å². The standard InChI is InChI=1S/C55H109NO10/c1-3-5-7-9-11-13-15-16-17-18-19-20-21-22-23-24-25-26-27-28-29-30-31-32-33-35-37-39-41-43-48(59)54(64)56-46(45-65-55-53(63)52(62)51(61)49(44-57)66-55)50(60)47(58)42-40-38-36-34-14-12-10-8-6-4-2/h46-53,55,57-63H,3-45H2,1-2H3,(H,56,64). The summed E-state index contributed by atoms with van der Waals surface area (Å²) in [6, 6.07) is -1.16. The second-order valence-corrected chi connectivity index (χ2v) is 20.4. The number of hydrogen-bond acceptors (Lipinski definition) is 10. The van der Waals surface area contributed by atoms with Crippen molar-refractivity contribution in [1.29, 1.82) is 0 Å². The van der Waals surface area contributed by atoms with E-state index in [-0.39, 0.29) is 6.42 Å². The first kappa shape index (κ1) is 63.1. The normalized spacial score (nSPS) is 20.7. The van der Waals surface area contributed by atoms with Crippen LogP contribution in [0.5, 0.6) is 0 Å². The van der Waals surface area contributed by atoms with Gasteiger partial charge in [0.25, 0.3) is 0 Å². The van der Waals surface area contributed by atoms with Crippen molar-refractivity contribution in [2.24, 2.45) is 0 Å². The first-order valence-corrected chi connectivity index (χ1v) is 28.4. The number of amides is 1. The minimum atomic E-state index is -1.66. The molecule has 1 aliphatic rings. The van der Waals surface area contributed by atoms with E-state index in [2.05, 4.69) is 19.2 Å². The van der Waals surface area contributed by atoms with E-state index in [1.165, 1.54) is 199 Å². The van der Waals surface area contributed by atoms with Gasteiger partial charge in [-0.2, -0.15) is 0 Å². The molecule has 1 saturated heterocycles. The van der Waals surface area contributed by atoms with Crippen LogP contribution in [0.15, 0.2) is 0 Å². The summed E-state index contributed by atoms with van der Waals surface area (Å²) in [5.41, 5.74) is 0. The third-order valence-corrected chi connectivity index (χ3v) is 14.2. The summed E-state index contributed by atoms with van der Waals surface area (Å²) in [5.74, 6) is -0.692. The van der Waals surface area contributed by atoms with Crippen molar-refractivity contribution in [3.05, 3.63) is 0 Å². The minimum Gasteiger partial charge on any atom is -0.394 e. The summed E-state index contributed by atoms with van der Waals surface area (Å²) in [6.07, 6.45) is 39.0. The highest BCUT2D eigenvalue weighted by Gasteiger charge is 2.44. The van der Waals surface area contributed by atoms with Gasteiger partial charge in [-0.15, -0.1) is 0 Å². The summed E-state index contributed by atoms with van der Waals surface area (Å²) in [5, 5.41) is 75.8. The molecular formula is C55H109NO10. The number of carbonyl (C=O) groups excluding carboxylic acids is 1. The molecule has 0 saturated carbocycles. The first-order chi connectivity index (χ1) is 32.2. The van der Waals surface area contributed by atoms with Crippen LogP contribution < -0.4 is 5.32 Å². The lowest BCUT2D eigenvalue weighted by Gasteiger charge is -2.40. The zero-order valence-electron chi connectivity index (χ0n) is 43.0. The largest absolute Gasteiger partial charge is 0.394 e. The van der Waals surface area contributed by atoms with Gasteiger partial charge in [0, 0.05) is 0 Å². The van der Waals surface area contributed by atoms with E-state index in [4.69, 9.17) is 9.47 Å². The topological polar surface area (TPSA) is 189 Å². The van der Waals surface area contributed by atoms with Crippen LogP contribution >= 0.6 is 0 Å². The maximum Gasteiger partial charge on any atom is 0.249 e. The lowest BCUT2D eigenvalue weighted by Crippen LogP contribution is -2.60. The van der Waals surface area contributed by atoms with Crippen LogP contribution in [0.4, 0.5) is 0 Å². The number of unbranched alkanes of at least 4 members (excludes halogenated alkanes) is 37. The Morgan fingerprint density at radius 2 is 0.788 bits per heavy atom. The summed E-state index contributed by atoms with van der Waals surface area (Å²) in [7, 11) is 0. The predicted octanol–water partition coefficient (Wildman–Crippen LogP) is 11.4. The van der Waals surface area contributed by atoms with Crippen LogP contribution in [0.25, 0.3) is 0 Å². The Balaban J connectivity index is 2.18. The molecule has 1 rings (SSSR count). The molecule has 1 heterocycles. The third-order valence-electron chi connectivity index (χ3n) is 14.2. The summed E-state index contributed by atoms with van der Waals surface area (Å²) >= 11 is 0. The molecule has 1 fully saturated rings. The second kappa shape index (κ2) is 45.3. The lowest BCUT2D eigenvalue weighted by molar-refractivity contribution is -0.303. The Hall–Kier alpha value is -0.890. The van der Waals surface area contributed by atoms with Crippen molar-refractivity contribution in [2.75, 3.05) is 13.2 Å². The van der Waals surface area contributed by atoms with Gasteiger partial charge in [0.2, 0.25) is 5.91 Å². The molecule has 1 aliphatic heterocycles.